The van der Waals surface area contributed by atoms with E-state index in [1.807, 2.05) is 31.5 Å². The summed E-state index contributed by atoms with van der Waals surface area (Å²) in [7, 11) is 0. The zero-order valence-electron chi connectivity index (χ0n) is 13.9. The van der Waals surface area contributed by atoms with E-state index in [-0.39, 0.29) is 5.82 Å². The van der Waals surface area contributed by atoms with Crippen LogP contribution in [-0.2, 0) is 0 Å². The highest BCUT2D eigenvalue weighted by atomic mass is 19.1. The molecule has 24 heavy (non-hydrogen) atoms. The van der Waals surface area contributed by atoms with Gasteiger partial charge in [-0.05, 0) is 31.2 Å². The maximum absolute atomic E-state index is 13.0. The number of nitrogens with zero attached hydrogens (tertiary/aromatic N) is 5. The fourth-order valence-corrected chi connectivity index (χ4v) is 3.42. The third-order valence-corrected chi connectivity index (χ3v) is 4.98. The molecule has 4 rings (SSSR count). The van der Waals surface area contributed by atoms with E-state index in [2.05, 4.69) is 24.7 Å². The third kappa shape index (κ3) is 3.06. The third-order valence-electron chi connectivity index (χ3n) is 4.98. The minimum atomic E-state index is -0.175. The Bertz CT molecular complexity index is 674. The molecule has 2 fully saturated rings. The van der Waals surface area contributed by atoms with Gasteiger partial charge < -0.3 is 9.80 Å². The maximum atomic E-state index is 13.0. The van der Waals surface area contributed by atoms with Crippen molar-refractivity contribution in [3.63, 3.8) is 0 Å². The monoisotopic (exact) mass is 327 g/mol. The normalized spacial score (nSPS) is 19.4. The molecule has 0 unspecified atom stereocenters. The molecule has 126 valence electrons. The number of aromatic nitrogens is 2. The Balaban J connectivity index is 1.28. The Kier molecular flexibility index (Phi) is 4.06. The van der Waals surface area contributed by atoms with Gasteiger partial charge in [0.25, 0.3) is 0 Å². The highest BCUT2D eigenvalue weighted by molar-refractivity contribution is 5.47. The molecule has 0 bridgehead atoms. The molecule has 0 saturated carbocycles. The van der Waals surface area contributed by atoms with Gasteiger partial charge in [-0.15, -0.1) is 0 Å². The number of halogens is 1. The van der Waals surface area contributed by atoms with E-state index in [4.69, 9.17) is 0 Å². The van der Waals surface area contributed by atoms with Crippen molar-refractivity contribution < 1.29 is 4.39 Å². The zero-order valence-corrected chi connectivity index (χ0v) is 13.9. The molecule has 3 heterocycles. The molecule has 1 aromatic heterocycles. The Morgan fingerprint density at radius 1 is 0.917 bits per heavy atom. The van der Waals surface area contributed by atoms with Crippen LogP contribution in [0, 0.1) is 12.7 Å². The average Bonchev–Trinajstić information content (AvgIpc) is 2.57. The van der Waals surface area contributed by atoms with Crippen LogP contribution in [0.4, 0.5) is 15.9 Å². The van der Waals surface area contributed by atoms with Crippen molar-refractivity contribution in [2.75, 3.05) is 49.1 Å². The lowest BCUT2D eigenvalue weighted by molar-refractivity contribution is 0.156. The SMILES string of the molecule is Cc1cnc(N2CC(N3CCN(c4ccc(F)cc4)CC3)C2)cn1. The second-order valence-corrected chi connectivity index (χ2v) is 6.57. The quantitative estimate of drug-likeness (QED) is 0.861. The van der Waals surface area contributed by atoms with Gasteiger partial charge in [0.15, 0.2) is 0 Å². The Labute approximate surface area is 141 Å². The summed E-state index contributed by atoms with van der Waals surface area (Å²) in [6.45, 7) is 8.09. The molecule has 0 radical (unpaired) electrons. The van der Waals surface area contributed by atoms with Gasteiger partial charge in [0.05, 0.1) is 18.1 Å². The largest absolute Gasteiger partial charge is 0.369 e. The first-order valence-electron chi connectivity index (χ1n) is 8.47. The number of benzene rings is 1. The van der Waals surface area contributed by atoms with Crippen molar-refractivity contribution in [1.82, 2.24) is 14.9 Å². The Morgan fingerprint density at radius 3 is 2.25 bits per heavy atom. The van der Waals surface area contributed by atoms with E-state index in [9.17, 15) is 4.39 Å². The standard InChI is InChI=1S/C18H22FN5/c1-14-10-21-18(11-20-14)24-12-17(13-24)23-8-6-22(7-9-23)16-4-2-15(19)3-5-16/h2-5,10-11,17H,6-9,12-13H2,1H3. The van der Waals surface area contributed by atoms with Crippen molar-refractivity contribution >= 4 is 11.5 Å². The zero-order chi connectivity index (χ0) is 16.5. The smallest absolute Gasteiger partial charge is 0.147 e. The molecule has 0 aliphatic carbocycles. The summed E-state index contributed by atoms with van der Waals surface area (Å²) >= 11 is 0. The molecule has 2 saturated heterocycles. The predicted octanol–water partition coefficient (Wildman–Crippen LogP) is 1.93. The fraction of sp³-hybridized carbons (Fsp3) is 0.444. The van der Waals surface area contributed by atoms with Gasteiger partial charge >= 0.3 is 0 Å². The lowest BCUT2D eigenvalue weighted by Crippen LogP contribution is -2.63. The van der Waals surface area contributed by atoms with Crippen LogP contribution in [-0.4, -0.2) is 60.2 Å². The summed E-state index contributed by atoms with van der Waals surface area (Å²) in [5.74, 6) is 0.799. The summed E-state index contributed by atoms with van der Waals surface area (Å²) in [5, 5.41) is 0. The average molecular weight is 327 g/mol. The van der Waals surface area contributed by atoms with Gasteiger partial charge in [-0.25, -0.2) is 9.37 Å². The highest BCUT2D eigenvalue weighted by Gasteiger charge is 2.34. The van der Waals surface area contributed by atoms with E-state index in [0.717, 1.165) is 56.5 Å². The molecule has 5 nitrogen and oxygen atoms in total. The lowest BCUT2D eigenvalue weighted by Gasteiger charge is -2.48. The molecule has 6 heteroatoms. The number of hydrogen-bond donors (Lipinski definition) is 0. The van der Waals surface area contributed by atoms with Crippen LogP contribution >= 0.6 is 0 Å². The van der Waals surface area contributed by atoms with Crippen LogP contribution in [0.2, 0.25) is 0 Å². The van der Waals surface area contributed by atoms with Crippen LogP contribution in [0.5, 0.6) is 0 Å². The van der Waals surface area contributed by atoms with Gasteiger partial charge in [-0.3, -0.25) is 9.88 Å². The van der Waals surface area contributed by atoms with E-state index in [0.29, 0.717) is 6.04 Å². The number of hydrogen-bond acceptors (Lipinski definition) is 5. The van der Waals surface area contributed by atoms with E-state index < -0.39 is 0 Å². The highest BCUT2D eigenvalue weighted by Crippen LogP contribution is 2.23. The number of piperazine rings is 1. The van der Waals surface area contributed by atoms with Gasteiger partial charge in [-0.1, -0.05) is 0 Å². The fourth-order valence-electron chi connectivity index (χ4n) is 3.42. The second-order valence-electron chi connectivity index (χ2n) is 6.57. The topological polar surface area (TPSA) is 35.5 Å². The van der Waals surface area contributed by atoms with Crippen molar-refractivity contribution in [3.8, 4) is 0 Å². The maximum Gasteiger partial charge on any atom is 0.147 e. The van der Waals surface area contributed by atoms with E-state index in [1.165, 1.54) is 12.1 Å². The molecule has 0 spiro atoms. The molecule has 2 aliphatic heterocycles. The first kappa shape index (κ1) is 15.3. The lowest BCUT2D eigenvalue weighted by atomic mass is 10.1. The molecule has 1 aromatic carbocycles. The summed E-state index contributed by atoms with van der Waals surface area (Å²) in [6.07, 6.45) is 3.68. The van der Waals surface area contributed by atoms with Gasteiger partial charge in [0, 0.05) is 51.0 Å². The molecular weight excluding hydrogens is 305 g/mol. The minimum absolute atomic E-state index is 0.175. The first-order valence-corrected chi connectivity index (χ1v) is 8.47. The minimum Gasteiger partial charge on any atom is -0.369 e. The van der Waals surface area contributed by atoms with Crippen LogP contribution in [0.1, 0.15) is 5.69 Å². The van der Waals surface area contributed by atoms with Crippen LogP contribution in [0.25, 0.3) is 0 Å². The molecule has 0 amide bonds. The molecule has 2 aliphatic rings. The summed E-state index contributed by atoms with van der Waals surface area (Å²) < 4.78 is 13.0. The van der Waals surface area contributed by atoms with Crippen molar-refractivity contribution in [2.24, 2.45) is 0 Å². The van der Waals surface area contributed by atoms with Gasteiger partial charge in [-0.2, -0.15) is 0 Å². The molecular formula is C18H22FN5. The summed E-state index contributed by atoms with van der Waals surface area (Å²) in [6, 6.07) is 7.41. The van der Waals surface area contributed by atoms with Crippen molar-refractivity contribution in [2.45, 2.75) is 13.0 Å². The first-order chi connectivity index (χ1) is 11.7. The van der Waals surface area contributed by atoms with E-state index in [1.54, 1.807) is 0 Å². The van der Waals surface area contributed by atoms with Crippen LogP contribution < -0.4 is 9.80 Å². The van der Waals surface area contributed by atoms with Crippen LogP contribution in [0.3, 0.4) is 0 Å². The predicted molar refractivity (Wildman–Crippen MR) is 93.0 cm³/mol. The van der Waals surface area contributed by atoms with Crippen molar-refractivity contribution in [1.29, 1.82) is 0 Å². The number of rotatable bonds is 3. The van der Waals surface area contributed by atoms with E-state index >= 15 is 0 Å². The van der Waals surface area contributed by atoms with Gasteiger partial charge in [0.1, 0.15) is 11.6 Å². The molecule has 0 atom stereocenters. The molecule has 2 aromatic rings. The van der Waals surface area contributed by atoms with Gasteiger partial charge in [0.2, 0.25) is 0 Å². The number of aryl methyl sites for hydroxylation is 1. The van der Waals surface area contributed by atoms with Crippen molar-refractivity contribution in [3.05, 3.63) is 48.2 Å². The second kappa shape index (κ2) is 6.36. The molecule has 0 N–H and O–H groups in total. The van der Waals surface area contributed by atoms with Crippen LogP contribution in [0.15, 0.2) is 36.7 Å². The Morgan fingerprint density at radius 2 is 1.62 bits per heavy atom. The number of anilines is 2. The Hall–Kier alpha value is -2.21. The summed E-state index contributed by atoms with van der Waals surface area (Å²) in [5.41, 5.74) is 2.06. The summed E-state index contributed by atoms with van der Waals surface area (Å²) in [4.78, 5) is 15.9.